The summed E-state index contributed by atoms with van der Waals surface area (Å²) in [4.78, 5) is 22.1. The molecule has 19 heteroatoms. The van der Waals surface area contributed by atoms with Crippen molar-refractivity contribution >= 4 is 72.4 Å². The summed E-state index contributed by atoms with van der Waals surface area (Å²) in [6.07, 6.45) is 6.52. The van der Waals surface area contributed by atoms with Gasteiger partial charge in [0.15, 0.2) is 18.3 Å². The van der Waals surface area contributed by atoms with Gasteiger partial charge < -0.3 is 19.9 Å². The Bertz CT molecular complexity index is 1320. The minimum atomic E-state index is 0.448. The maximum absolute atomic E-state index is 4.73. The van der Waals surface area contributed by atoms with Crippen molar-refractivity contribution in [3.8, 4) is 0 Å². The first-order chi connectivity index (χ1) is 16.2. The van der Waals surface area contributed by atoms with Crippen molar-refractivity contribution in [3.05, 3.63) is 64.7 Å². The maximum atomic E-state index is 4.73. The fourth-order valence-electron chi connectivity index (χ4n) is 1.54. The molecule has 0 aromatic carbocycles. The van der Waals surface area contributed by atoms with E-state index < -0.39 is 0 Å². The first kappa shape index (κ1) is 29.2. The van der Waals surface area contributed by atoms with Crippen molar-refractivity contribution in [2.75, 3.05) is 0 Å². The molecule has 0 saturated heterocycles. The Morgan fingerprint density at radius 3 is 1.62 bits per heavy atom. The molecule has 0 aliphatic rings. The molecule has 0 aliphatic heterocycles. The highest BCUT2D eigenvalue weighted by atomic mass is 32.1. The summed E-state index contributed by atoms with van der Waals surface area (Å²) in [5.74, 6) is 1.82. The third-order valence-electron chi connectivity index (χ3n) is 2.82. The molecular formula is C15H21N13S6. The van der Waals surface area contributed by atoms with Crippen LogP contribution in [0, 0.1) is 43.8 Å². The third-order valence-corrected chi connectivity index (χ3v) is 4.65. The van der Waals surface area contributed by atoms with E-state index in [4.69, 9.17) is 48.9 Å². The molecule has 0 fully saturated rings. The molecule has 0 aliphatic carbocycles. The number of nitrogens with one attached hydrogen (secondary N) is 8. The summed E-state index contributed by atoms with van der Waals surface area (Å²) in [5, 5.41) is 18.8. The Labute approximate surface area is 222 Å². The zero-order chi connectivity index (χ0) is 25.3. The Balaban J connectivity index is 0.000000215. The lowest BCUT2D eigenvalue weighted by Crippen LogP contribution is -1.86. The average Bonchev–Trinajstić information content (AvgIpc) is 3.56. The second-order valence-corrected chi connectivity index (χ2v) is 9.05. The van der Waals surface area contributed by atoms with E-state index in [2.05, 4.69) is 77.7 Å². The van der Waals surface area contributed by atoms with Crippen LogP contribution in [-0.4, -0.2) is 65.5 Å². The Kier molecular flexibility index (Phi) is 14.4. The first-order valence-electron chi connectivity index (χ1n) is 8.96. The molecule has 182 valence electrons. The van der Waals surface area contributed by atoms with Crippen LogP contribution in [0.15, 0.2) is 25.0 Å². The van der Waals surface area contributed by atoms with Gasteiger partial charge in [0.05, 0.1) is 0 Å². The second-order valence-electron chi connectivity index (χ2n) is 5.57. The molecule has 0 amide bonds. The van der Waals surface area contributed by atoms with Crippen LogP contribution < -0.4 is 0 Å². The lowest BCUT2D eigenvalue weighted by atomic mass is 10.8. The van der Waals surface area contributed by atoms with Gasteiger partial charge in [-0.1, -0.05) is 11.3 Å². The van der Waals surface area contributed by atoms with Crippen LogP contribution in [0.2, 0.25) is 0 Å². The molecule has 0 bridgehead atoms. The van der Waals surface area contributed by atoms with Crippen LogP contribution in [0.25, 0.3) is 0 Å². The van der Waals surface area contributed by atoms with Crippen molar-refractivity contribution in [3.63, 3.8) is 0 Å². The highest BCUT2D eigenvalue weighted by Crippen LogP contribution is 1.99. The molecular weight excluding hydrogens is 555 g/mol. The fraction of sp³-hybridized carbons (Fsp3) is 0.200. The molecule has 0 radical (unpaired) electrons. The van der Waals surface area contributed by atoms with Crippen molar-refractivity contribution in [1.29, 1.82) is 0 Å². The van der Waals surface area contributed by atoms with Crippen LogP contribution in [0.1, 0.15) is 16.7 Å². The molecule has 0 spiro atoms. The quantitative estimate of drug-likeness (QED) is 0.120. The summed E-state index contributed by atoms with van der Waals surface area (Å²) in [6.45, 7) is 5.68. The normalized spacial score (nSPS) is 9.03. The number of hydrogen-bond acceptors (Lipinski definition) is 11. The maximum Gasteiger partial charge on any atom is 0.213 e. The number of aromatic nitrogens is 13. The van der Waals surface area contributed by atoms with Crippen LogP contribution in [0.4, 0.5) is 0 Å². The first-order valence-corrected chi connectivity index (χ1v) is 11.8. The molecule has 5 heterocycles. The highest BCUT2D eigenvalue weighted by Gasteiger charge is 1.82. The molecule has 0 unspecified atom stereocenters. The molecule has 13 nitrogen and oxygen atoms in total. The molecule has 5 aromatic rings. The average molecular weight is 576 g/mol. The number of aryl methyl sites for hydroxylation is 3. The number of aromatic amines is 8. The lowest BCUT2D eigenvalue weighted by molar-refractivity contribution is 0.983. The highest BCUT2D eigenvalue weighted by molar-refractivity contribution is 7.73. The minimum Gasteiger partial charge on any atom is -0.349 e. The summed E-state index contributed by atoms with van der Waals surface area (Å²) in [7, 11) is 0. The zero-order valence-electron chi connectivity index (χ0n) is 18.0. The van der Waals surface area contributed by atoms with Crippen LogP contribution in [-0.2, 0) is 0 Å². The van der Waals surface area contributed by atoms with Gasteiger partial charge in [0, 0.05) is 12.4 Å². The largest absolute Gasteiger partial charge is 0.349 e. The Morgan fingerprint density at radius 1 is 0.794 bits per heavy atom. The van der Waals surface area contributed by atoms with E-state index in [0.29, 0.717) is 19.1 Å². The van der Waals surface area contributed by atoms with Crippen molar-refractivity contribution < 1.29 is 0 Å². The van der Waals surface area contributed by atoms with E-state index in [1.54, 1.807) is 12.4 Å². The smallest absolute Gasteiger partial charge is 0.213 e. The summed E-state index contributed by atoms with van der Waals surface area (Å²) in [6, 6.07) is 0. The number of nitrogens with zero attached hydrogens (tertiary/aromatic N) is 5. The van der Waals surface area contributed by atoms with Crippen LogP contribution in [0.5, 0.6) is 0 Å². The molecule has 8 N–H and O–H groups in total. The van der Waals surface area contributed by atoms with E-state index in [-0.39, 0.29) is 0 Å². The minimum absolute atomic E-state index is 0.448. The van der Waals surface area contributed by atoms with Gasteiger partial charge in [-0.05, 0) is 81.9 Å². The van der Waals surface area contributed by atoms with Gasteiger partial charge in [0.2, 0.25) is 4.77 Å². The fourth-order valence-corrected chi connectivity index (χ4v) is 3.31. The summed E-state index contributed by atoms with van der Waals surface area (Å²) >= 11 is 24.9. The standard InChI is InChI=1S/C4H6N2.C3H3N3S3.C3H5N3.C3H4N2S2.C2H3N3S/c1-4-5-2-3-6-4;7-1-4-2(8)6-3(9)5-1;1-3-4-2-5-6-3;1-2-4-5-3(6)7-2;6-2-3-1-4-5-2/h2-3H,1H3,(H,5,6);(H3,4,5,6,7,8,9);2H,1H3,(H,4,5,6);1H3,(H,5,6);1H,(H2,3,4,5,6). The van der Waals surface area contributed by atoms with Gasteiger partial charge in [-0.2, -0.15) is 10.2 Å². The number of hydrogen-bond donors (Lipinski definition) is 8. The Morgan fingerprint density at radius 2 is 1.44 bits per heavy atom. The van der Waals surface area contributed by atoms with Gasteiger partial charge in [0.1, 0.15) is 29.3 Å². The molecule has 0 atom stereocenters. The molecule has 0 saturated carbocycles. The molecule has 5 rings (SSSR count). The van der Waals surface area contributed by atoms with Gasteiger partial charge in [-0.15, -0.1) is 0 Å². The lowest BCUT2D eigenvalue weighted by Gasteiger charge is -1.84. The number of imidazole rings is 1. The second kappa shape index (κ2) is 16.7. The van der Waals surface area contributed by atoms with Gasteiger partial charge in [0.25, 0.3) is 0 Å². The van der Waals surface area contributed by atoms with E-state index in [9.17, 15) is 0 Å². The van der Waals surface area contributed by atoms with Crippen molar-refractivity contribution in [1.82, 2.24) is 65.5 Å². The van der Waals surface area contributed by atoms with Crippen molar-refractivity contribution in [2.24, 2.45) is 0 Å². The molecule has 5 aromatic heterocycles. The predicted octanol–water partition coefficient (Wildman–Crippen LogP) is 4.67. The summed E-state index contributed by atoms with van der Waals surface area (Å²) < 4.78 is 2.59. The SMILES string of the molecule is Cc1n[nH]c(=S)s1.Cc1ncc[nH]1.Cc1ncn[nH]1.S=c1[nH]c(=S)[nH]c(=S)[nH]1.S=c1nc[nH][nH]1. The third kappa shape index (κ3) is 15.1. The number of rotatable bonds is 0. The van der Waals surface area contributed by atoms with Gasteiger partial charge in [-0.3, -0.25) is 20.4 Å². The monoisotopic (exact) mass is 575 g/mol. The van der Waals surface area contributed by atoms with Crippen LogP contribution in [0.3, 0.4) is 0 Å². The van der Waals surface area contributed by atoms with E-state index in [0.717, 1.165) is 20.6 Å². The van der Waals surface area contributed by atoms with Gasteiger partial charge >= 0.3 is 0 Å². The Hall–Kier alpha value is -2.84. The van der Waals surface area contributed by atoms with E-state index in [1.807, 2.05) is 20.8 Å². The predicted molar refractivity (Wildman–Crippen MR) is 142 cm³/mol. The summed E-state index contributed by atoms with van der Waals surface area (Å²) in [5.41, 5.74) is 0. The van der Waals surface area contributed by atoms with E-state index in [1.165, 1.54) is 24.0 Å². The number of H-pyrrole nitrogens is 8. The van der Waals surface area contributed by atoms with Gasteiger partial charge in [-0.25, -0.2) is 15.0 Å². The topological polar surface area (TPSA) is 191 Å². The zero-order valence-corrected chi connectivity index (χ0v) is 22.9. The van der Waals surface area contributed by atoms with Crippen molar-refractivity contribution in [2.45, 2.75) is 20.8 Å². The molecule has 34 heavy (non-hydrogen) atoms. The van der Waals surface area contributed by atoms with E-state index >= 15 is 0 Å². The van der Waals surface area contributed by atoms with Crippen LogP contribution >= 0.6 is 72.4 Å².